The molecule has 2 fully saturated rings. The molecule has 0 heterocycles. The van der Waals surface area contributed by atoms with Crippen LogP contribution in [-0.2, 0) is 0 Å². The Morgan fingerprint density at radius 3 is 2.18 bits per heavy atom. The average Bonchev–Trinajstić information content (AvgIpc) is 2.28. The van der Waals surface area contributed by atoms with Crippen LogP contribution in [0.15, 0.2) is 0 Å². The first-order valence-electron chi connectivity index (χ1n) is 7.94. The molecule has 2 rings (SSSR count). The van der Waals surface area contributed by atoms with E-state index in [1.165, 1.54) is 51.5 Å². The fraction of sp³-hybridized carbons (Fsp3) is 1.00. The summed E-state index contributed by atoms with van der Waals surface area (Å²) in [6, 6.07) is 0.659. The highest BCUT2D eigenvalue weighted by molar-refractivity contribution is 4.89. The molecule has 2 aliphatic carbocycles. The van der Waals surface area contributed by atoms with Gasteiger partial charge in [-0.3, -0.25) is 0 Å². The second-order valence-electron chi connectivity index (χ2n) is 6.75. The minimum absolute atomic E-state index is 0.659. The lowest BCUT2D eigenvalue weighted by atomic mass is 9.62. The van der Waals surface area contributed by atoms with E-state index in [1.54, 1.807) is 0 Å². The standard InChI is InChI=1S/C16H31N/c1-4-13-5-7-14(8-6-13)16-10-9-15(16)11-17-12(2)3/h12-17H,4-11H2,1-3H3. The van der Waals surface area contributed by atoms with Crippen molar-refractivity contribution in [3.05, 3.63) is 0 Å². The van der Waals surface area contributed by atoms with E-state index in [4.69, 9.17) is 0 Å². The van der Waals surface area contributed by atoms with Gasteiger partial charge in [-0.1, -0.05) is 40.0 Å². The molecule has 0 bridgehead atoms. The number of rotatable bonds is 5. The van der Waals surface area contributed by atoms with Crippen LogP contribution in [0.5, 0.6) is 0 Å². The maximum absolute atomic E-state index is 3.64. The molecule has 0 aromatic carbocycles. The Labute approximate surface area is 108 Å². The topological polar surface area (TPSA) is 12.0 Å². The van der Waals surface area contributed by atoms with Crippen molar-refractivity contribution in [2.24, 2.45) is 23.7 Å². The van der Waals surface area contributed by atoms with Crippen molar-refractivity contribution in [2.45, 2.75) is 71.8 Å². The smallest absolute Gasteiger partial charge is 0.00104 e. The molecule has 2 unspecified atom stereocenters. The molecule has 0 aromatic heterocycles. The summed E-state index contributed by atoms with van der Waals surface area (Å²) < 4.78 is 0. The Bertz CT molecular complexity index is 216. The predicted molar refractivity (Wildman–Crippen MR) is 75.1 cm³/mol. The first kappa shape index (κ1) is 13.4. The first-order chi connectivity index (χ1) is 8.20. The summed E-state index contributed by atoms with van der Waals surface area (Å²) in [6.07, 6.45) is 10.5. The summed E-state index contributed by atoms with van der Waals surface area (Å²) in [5.74, 6) is 4.20. The van der Waals surface area contributed by atoms with Crippen LogP contribution >= 0.6 is 0 Å². The maximum Gasteiger partial charge on any atom is 0.00104 e. The molecule has 1 N–H and O–H groups in total. The van der Waals surface area contributed by atoms with Crippen LogP contribution in [0, 0.1) is 23.7 Å². The van der Waals surface area contributed by atoms with Gasteiger partial charge in [0.05, 0.1) is 0 Å². The van der Waals surface area contributed by atoms with Crippen molar-refractivity contribution in [1.82, 2.24) is 5.32 Å². The Hall–Kier alpha value is -0.0400. The molecule has 0 radical (unpaired) electrons. The van der Waals surface area contributed by atoms with Gasteiger partial charge in [-0.25, -0.2) is 0 Å². The lowest BCUT2D eigenvalue weighted by Gasteiger charge is -2.45. The van der Waals surface area contributed by atoms with Gasteiger partial charge in [0.25, 0.3) is 0 Å². The van der Waals surface area contributed by atoms with Crippen molar-refractivity contribution >= 4 is 0 Å². The van der Waals surface area contributed by atoms with E-state index in [-0.39, 0.29) is 0 Å². The number of hydrogen-bond acceptors (Lipinski definition) is 1. The van der Waals surface area contributed by atoms with Crippen LogP contribution in [-0.4, -0.2) is 12.6 Å². The third kappa shape index (κ3) is 3.47. The highest BCUT2D eigenvalue weighted by Gasteiger charge is 2.37. The highest BCUT2D eigenvalue weighted by atomic mass is 14.9. The molecular formula is C16H31N. The molecule has 1 heteroatoms. The van der Waals surface area contributed by atoms with E-state index in [0.29, 0.717) is 6.04 Å². The molecule has 0 aromatic rings. The summed E-state index contributed by atoms with van der Waals surface area (Å²) in [7, 11) is 0. The lowest BCUT2D eigenvalue weighted by Crippen LogP contribution is -2.42. The van der Waals surface area contributed by atoms with Gasteiger partial charge >= 0.3 is 0 Å². The van der Waals surface area contributed by atoms with Crippen LogP contribution in [0.2, 0.25) is 0 Å². The second kappa shape index (κ2) is 6.22. The van der Waals surface area contributed by atoms with Crippen molar-refractivity contribution < 1.29 is 0 Å². The zero-order valence-electron chi connectivity index (χ0n) is 12.0. The molecule has 2 saturated carbocycles. The summed E-state index contributed by atoms with van der Waals surface area (Å²) in [6.45, 7) is 8.17. The third-order valence-electron chi connectivity index (χ3n) is 5.34. The second-order valence-corrected chi connectivity index (χ2v) is 6.75. The van der Waals surface area contributed by atoms with Gasteiger partial charge in [0.2, 0.25) is 0 Å². The summed E-state index contributed by atoms with van der Waals surface area (Å²) >= 11 is 0. The Balaban J connectivity index is 1.72. The van der Waals surface area contributed by atoms with E-state index in [9.17, 15) is 0 Å². The van der Waals surface area contributed by atoms with E-state index < -0.39 is 0 Å². The molecule has 0 amide bonds. The fourth-order valence-electron chi connectivity index (χ4n) is 3.88. The molecule has 17 heavy (non-hydrogen) atoms. The van der Waals surface area contributed by atoms with E-state index in [1.807, 2.05) is 0 Å². The van der Waals surface area contributed by atoms with Gasteiger partial charge in [0.15, 0.2) is 0 Å². The minimum atomic E-state index is 0.659. The molecule has 0 aliphatic heterocycles. The van der Waals surface area contributed by atoms with Crippen molar-refractivity contribution in [1.29, 1.82) is 0 Å². The molecule has 2 aliphatic rings. The van der Waals surface area contributed by atoms with Crippen LogP contribution in [0.3, 0.4) is 0 Å². The Morgan fingerprint density at radius 2 is 1.71 bits per heavy atom. The van der Waals surface area contributed by atoms with Gasteiger partial charge in [0.1, 0.15) is 0 Å². The molecule has 100 valence electrons. The van der Waals surface area contributed by atoms with Gasteiger partial charge in [-0.2, -0.15) is 0 Å². The lowest BCUT2D eigenvalue weighted by molar-refractivity contribution is 0.0659. The molecular weight excluding hydrogens is 206 g/mol. The van der Waals surface area contributed by atoms with E-state index in [2.05, 4.69) is 26.1 Å². The summed E-state index contributed by atoms with van der Waals surface area (Å²) in [5, 5.41) is 3.64. The average molecular weight is 237 g/mol. The predicted octanol–water partition coefficient (Wildman–Crippen LogP) is 4.23. The number of hydrogen-bond donors (Lipinski definition) is 1. The Kier molecular flexibility index (Phi) is 4.90. The zero-order valence-corrected chi connectivity index (χ0v) is 12.0. The van der Waals surface area contributed by atoms with Crippen LogP contribution in [0.4, 0.5) is 0 Å². The molecule has 0 spiro atoms. The number of nitrogens with one attached hydrogen (secondary N) is 1. The molecule has 1 nitrogen and oxygen atoms in total. The molecule has 2 atom stereocenters. The van der Waals surface area contributed by atoms with E-state index in [0.717, 1.165) is 23.7 Å². The fourth-order valence-corrected chi connectivity index (χ4v) is 3.88. The van der Waals surface area contributed by atoms with Crippen molar-refractivity contribution in [3.8, 4) is 0 Å². The largest absolute Gasteiger partial charge is 0.314 e. The van der Waals surface area contributed by atoms with Crippen molar-refractivity contribution in [3.63, 3.8) is 0 Å². The zero-order chi connectivity index (χ0) is 12.3. The maximum atomic E-state index is 3.64. The summed E-state index contributed by atoms with van der Waals surface area (Å²) in [5.41, 5.74) is 0. The van der Waals surface area contributed by atoms with Crippen LogP contribution in [0.1, 0.15) is 65.7 Å². The van der Waals surface area contributed by atoms with Crippen molar-refractivity contribution in [2.75, 3.05) is 6.54 Å². The van der Waals surface area contributed by atoms with Gasteiger partial charge < -0.3 is 5.32 Å². The van der Waals surface area contributed by atoms with Crippen LogP contribution < -0.4 is 5.32 Å². The minimum Gasteiger partial charge on any atom is -0.314 e. The van der Waals surface area contributed by atoms with Gasteiger partial charge in [-0.15, -0.1) is 0 Å². The van der Waals surface area contributed by atoms with Gasteiger partial charge in [-0.05, 0) is 55.9 Å². The Morgan fingerprint density at radius 1 is 1.00 bits per heavy atom. The highest BCUT2D eigenvalue weighted by Crippen LogP contribution is 2.46. The van der Waals surface area contributed by atoms with E-state index >= 15 is 0 Å². The quantitative estimate of drug-likeness (QED) is 0.754. The third-order valence-corrected chi connectivity index (χ3v) is 5.34. The SMILES string of the molecule is CCC1CCC(C2CCC2CNC(C)C)CC1. The molecule has 0 saturated heterocycles. The normalized spacial score (nSPS) is 38.1. The summed E-state index contributed by atoms with van der Waals surface area (Å²) in [4.78, 5) is 0. The first-order valence-corrected chi connectivity index (χ1v) is 7.94. The van der Waals surface area contributed by atoms with Gasteiger partial charge in [0, 0.05) is 6.04 Å². The van der Waals surface area contributed by atoms with Crippen LogP contribution in [0.25, 0.3) is 0 Å². The monoisotopic (exact) mass is 237 g/mol.